The minimum absolute atomic E-state index is 0.331. The number of hydrogen-bond acceptors (Lipinski definition) is 3. The summed E-state index contributed by atoms with van der Waals surface area (Å²) in [6.45, 7) is 11.2. The van der Waals surface area contributed by atoms with Gasteiger partial charge >= 0.3 is 0 Å². The molecule has 0 aromatic rings. The Morgan fingerprint density at radius 3 is 2.47 bits per heavy atom. The van der Waals surface area contributed by atoms with Gasteiger partial charge in [-0.15, -0.1) is 0 Å². The largest absolute Gasteiger partial charge is 0.385 e. The molecule has 0 heterocycles. The highest BCUT2D eigenvalue weighted by atomic mass is 16.5. The maximum atomic E-state index is 5.54. The second-order valence-electron chi connectivity index (χ2n) is 4.65. The fourth-order valence-electron chi connectivity index (χ4n) is 1.31. The van der Waals surface area contributed by atoms with Crippen LogP contribution in [-0.2, 0) is 9.47 Å². The van der Waals surface area contributed by atoms with Gasteiger partial charge in [0.1, 0.15) is 0 Å². The molecule has 0 spiro atoms. The third kappa shape index (κ3) is 10.2. The standard InChI is InChI=1S/C12H27NO2/c1-5-13-11-12(2,3)7-10-15-9-6-8-14-4/h13H,5-11H2,1-4H3. The van der Waals surface area contributed by atoms with E-state index in [9.17, 15) is 0 Å². The lowest BCUT2D eigenvalue weighted by Crippen LogP contribution is -2.30. The molecule has 0 aliphatic heterocycles. The van der Waals surface area contributed by atoms with Gasteiger partial charge in [0.15, 0.2) is 0 Å². The van der Waals surface area contributed by atoms with E-state index < -0.39 is 0 Å². The average Bonchev–Trinajstić information content (AvgIpc) is 2.20. The van der Waals surface area contributed by atoms with Crippen molar-refractivity contribution in [3.05, 3.63) is 0 Å². The van der Waals surface area contributed by atoms with E-state index in [2.05, 4.69) is 26.1 Å². The van der Waals surface area contributed by atoms with Crippen LogP contribution >= 0.6 is 0 Å². The van der Waals surface area contributed by atoms with Gasteiger partial charge in [0.05, 0.1) is 0 Å². The first-order valence-electron chi connectivity index (χ1n) is 5.90. The molecule has 1 N–H and O–H groups in total. The van der Waals surface area contributed by atoms with E-state index in [0.717, 1.165) is 45.8 Å². The molecule has 3 heteroatoms. The fourth-order valence-corrected chi connectivity index (χ4v) is 1.31. The Hall–Kier alpha value is -0.120. The van der Waals surface area contributed by atoms with E-state index in [0.29, 0.717) is 5.41 Å². The molecule has 15 heavy (non-hydrogen) atoms. The van der Waals surface area contributed by atoms with Crippen LogP contribution in [0.4, 0.5) is 0 Å². The molecule has 0 saturated heterocycles. The molecule has 0 bridgehead atoms. The molecule has 92 valence electrons. The number of nitrogens with one attached hydrogen (secondary N) is 1. The Bertz CT molecular complexity index is 138. The Kier molecular flexibility index (Phi) is 9.06. The van der Waals surface area contributed by atoms with Crippen molar-refractivity contribution in [2.24, 2.45) is 5.41 Å². The van der Waals surface area contributed by atoms with Gasteiger partial charge in [-0.05, 0) is 24.8 Å². The molecule has 3 nitrogen and oxygen atoms in total. The first kappa shape index (κ1) is 14.9. The van der Waals surface area contributed by atoms with Gasteiger partial charge in [0, 0.05) is 33.5 Å². The summed E-state index contributed by atoms with van der Waals surface area (Å²) in [6.07, 6.45) is 2.09. The third-order valence-corrected chi connectivity index (χ3v) is 2.41. The van der Waals surface area contributed by atoms with Crippen LogP contribution in [0.3, 0.4) is 0 Å². The molecule has 0 aliphatic rings. The molecular weight excluding hydrogens is 190 g/mol. The van der Waals surface area contributed by atoms with Crippen molar-refractivity contribution in [3.8, 4) is 0 Å². The predicted octanol–water partition coefficient (Wildman–Crippen LogP) is 2.07. The van der Waals surface area contributed by atoms with Crippen LogP contribution in [0.15, 0.2) is 0 Å². The second-order valence-corrected chi connectivity index (χ2v) is 4.65. The summed E-state index contributed by atoms with van der Waals surface area (Å²) in [5.74, 6) is 0. The predicted molar refractivity (Wildman–Crippen MR) is 64.3 cm³/mol. The molecular formula is C12H27NO2. The second kappa shape index (κ2) is 9.13. The highest BCUT2D eigenvalue weighted by Crippen LogP contribution is 2.18. The molecule has 0 aromatic carbocycles. The molecule has 0 saturated carbocycles. The SMILES string of the molecule is CCNCC(C)(C)CCOCCCOC. The van der Waals surface area contributed by atoms with Gasteiger partial charge in [0.2, 0.25) is 0 Å². The van der Waals surface area contributed by atoms with E-state index in [1.54, 1.807) is 7.11 Å². The minimum Gasteiger partial charge on any atom is -0.385 e. The van der Waals surface area contributed by atoms with Crippen LogP contribution in [0.2, 0.25) is 0 Å². The monoisotopic (exact) mass is 217 g/mol. The Morgan fingerprint density at radius 1 is 1.13 bits per heavy atom. The maximum absolute atomic E-state index is 5.54. The van der Waals surface area contributed by atoms with Crippen molar-refractivity contribution < 1.29 is 9.47 Å². The smallest absolute Gasteiger partial charge is 0.0487 e. The van der Waals surface area contributed by atoms with Crippen molar-refractivity contribution in [2.75, 3.05) is 40.0 Å². The molecule has 0 aliphatic carbocycles. The number of ether oxygens (including phenoxy) is 2. The minimum atomic E-state index is 0.331. The van der Waals surface area contributed by atoms with Gasteiger partial charge in [0.25, 0.3) is 0 Å². The fraction of sp³-hybridized carbons (Fsp3) is 1.00. The lowest BCUT2D eigenvalue weighted by molar-refractivity contribution is 0.0829. The Labute approximate surface area is 94.5 Å². The number of hydrogen-bond donors (Lipinski definition) is 1. The topological polar surface area (TPSA) is 30.5 Å². The Morgan fingerprint density at radius 2 is 1.87 bits per heavy atom. The van der Waals surface area contributed by atoms with Gasteiger partial charge in [-0.1, -0.05) is 20.8 Å². The van der Waals surface area contributed by atoms with Crippen molar-refractivity contribution in [3.63, 3.8) is 0 Å². The normalized spacial score (nSPS) is 12.0. The lowest BCUT2D eigenvalue weighted by Gasteiger charge is -2.24. The molecule has 0 amide bonds. The zero-order valence-electron chi connectivity index (χ0n) is 10.8. The maximum Gasteiger partial charge on any atom is 0.0487 e. The summed E-state index contributed by atoms with van der Waals surface area (Å²) in [6, 6.07) is 0. The van der Waals surface area contributed by atoms with Gasteiger partial charge in [-0.3, -0.25) is 0 Å². The molecule has 0 rings (SSSR count). The highest BCUT2D eigenvalue weighted by Gasteiger charge is 2.16. The van der Waals surface area contributed by atoms with E-state index in [-0.39, 0.29) is 0 Å². The van der Waals surface area contributed by atoms with E-state index in [1.165, 1.54) is 0 Å². The zero-order valence-corrected chi connectivity index (χ0v) is 10.8. The highest BCUT2D eigenvalue weighted by molar-refractivity contribution is 4.70. The van der Waals surface area contributed by atoms with E-state index in [1.807, 2.05) is 0 Å². The zero-order chi connectivity index (χ0) is 11.6. The molecule has 0 atom stereocenters. The van der Waals surface area contributed by atoms with Crippen LogP contribution in [0.1, 0.15) is 33.6 Å². The summed E-state index contributed by atoms with van der Waals surface area (Å²) in [5.41, 5.74) is 0.331. The van der Waals surface area contributed by atoms with E-state index >= 15 is 0 Å². The van der Waals surface area contributed by atoms with Crippen LogP contribution in [0, 0.1) is 5.41 Å². The number of methoxy groups -OCH3 is 1. The lowest BCUT2D eigenvalue weighted by atomic mass is 9.90. The average molecular weight is 217 g/mol. The number of rotatable bonds is 10. The van der Waals surface area contributed by atoms with Crippen LogP contribution in [0.25, 0.3) is 0 Å². The summed E-state index contributed by atoms with van der Waals surface area (Å²) in [4.78, 5) is 0. The first-order chi connectivity index (χ1) is 7.12. The Balaban J connectivity index is 3.32. The van der Waals surface area contributed by atoms with Crippen molar-refractivity contribution in [1.29, 1.82) is 0 Å². The molecule has 0 fully saturated rings. The summed E-state index contributed by atoms with van der Waals surface area (Å²) >= 11 is 0. The molecule has 0 radical (unpaired) electrons. The van der Waals surface area contributed by atoms with Gasteiger partial charge < -0.3 is 14.8 Å². The third-order valence-electron chi connectivity index (χ3n) is 2.41. The molecule has 0 unspecified atom stereocenters. The summed E-state index contributed by atoms with van der Waals surface area (Å²) in [5, 5.41) is 3.37. The van der Waals surface area contributed by atoms with Crippen molar-refractivity contribution in [2.45, 2.75) is 33.6 Å². The first-order valence-corrected chi connectivity index (χ1v) is 5.90. The van der Waals surface area contributed by atoms with Gasteiger partial charge in [-0.25, -0.2) is 0 Å². The van der Waals surface area contributed by atoms with Crippen LogP contribution < -0.4 is 5.32 Å². The summed E-state index contributed by atoms with van der Waals surface area (Å²) < 4.78 is 10.5. The van der Waals surface area contributed by atoms with Crippen LogP contribution in [-0.4, -0.2) is 40.0 Å². The molecule has 0 aromatic heterocycles. The van der Waals surface area contributed by atoms with Crippen LogP contribution in [0.5, 0.6) is 0 Å². The van der Waals surface area contributed by atoms with Crippen molar-refractivity contribution in [1.82, 2.24) is 5.32 Å². The quantitative estimate of drug-likeness (QED) is 0.568. The van der Waals surface area contributed by atoms with Gasteiger partial charge in [-0.2, -0.15) is 0 Å². The van der Waals surface area contributed by atoms with E-state index in [4.69, 9.17) is 9.47 Å². The summed E-state index contributed by atoms with van der Waals surface area (Å²) in [7, 11) is 1.72. The van der Waals surface area contributed by atoms with Crippen molar-refractivity contribution >= 4 is 0 Å².